The first kappa shape index (κ1) is 15.9. The van der Waals surface area contributed by atoms with E-state index in [1.807, 2.05) is 44.1 Å². The predicted molar refractivity (Wildman–Crippen MR) is 87.5 cm³/mol. The van der Waals surface area contributed by atoms with Crippen LogP contribution in [0.25, 0.3) is 5.65 Å². The highest BCUT2D eigenvalue weighted by molar-refractivity contribution is 5.80. The van der Waals surface area contributed by atoms with Gasteiger partial charge in [0, 0.05) is 31.9 Å². The molecule has 124 valence electrons. The number of nitrogens with zero attached hydrogens (tertiary/aromatic N) is 5. The van der Waals surface area contributed by atoms with Crippen LogP contribution < -0.4 is 5.43 Å². The number of hydrogen-bond donors (Lipinski definition) is 1. The Balaban J connectivity index is 1.95. The third-order valence-electron chi connectivity index (χ3n) is 4.66. The number of nitrogens with one attached hydrogen (secondary N) is 1. The molecular weight excluding hydrogens is 292 g/mol. The molecular formula is C16H24N6O. The summed E-state index contributed by atoms with van der Waals surface area (Å²) in [5.41, 5.74) is 4.93. The van der Waals surface area contributed by atoms with Crippen LogP contribution in [0.5, 0.6) is 0 Å². The van der Waals surface area contributed by atoms with E-state index in [1.165, 1.54) is 0 Å². The lowest BCUT2D eigenvalue weighted by molar-refractivity contribution is -0.136. The number of hydrazine groups is 1. The second-order valence-electron chi connectivity index (χ2n) is 5.75. The molecule has 0 bridgehead atoms. The van der Waals surface area contributed by atoms with Gasteiger partial charge >= 0.3 is 0 Å². The highest BCUT2D eigenvalue weighted by Gasteiger charge is 2.41. The molecule has 2 aromatic rings. The summed E-state index contributed by atoms with van der Waals surface area (Å²) >= 11 is 0. The number of carbonyl (C=O) groups excluding carboxylic acids is 1. The summed E-state index contributed by atoms with van der Waals surface area (Å²) in [6, 6.07) is 3.79. The maximum atomic E-state index is 12.9. The Kier molecular flexibility index (Phi) is 4.58. The van der Waals surface area contributed by atoms with E-state index in [-0.39, 0.29) is 17.9 Å². The Hall–Kier alpha value is -1.99. The summed E-state index contributed by atoms with van der Waals surface area (Å²) < 4.78 is 1.74. The molecule has 1 amide bonds. The maximum Gasteiger partial charge on any atom is 0.227 e. The fourth-order valence-electron chi connectivity index (χ4n) is 3.43. The van der Waals surface area contributed by atoms with Crippen molar-refractivity contribution in [2.24, 2.45) is 5.92 Å². The summed E-state index contributed by atoms with van der Waals surface area (Å²) in [4.78, 5) is 19.5. The molecule has 1 N–H and O–H groups in total. The molecule has 0 saturated carbocycles. The van der Waals surface area contributed by atoms with Gasteiger partial charge in [-0.05, 0) is 33.4 Å². The smallest absolute Gasteiger partial charge is 0.227 e. The van der Waals surface area contributed by atoms with Crippen molar-refractivity contribution >= 4 is 11.6 Å². The van der Waals surface area contributed by atoms with Crippen molar-refractivity contribution in [3.63, 3.8) is 0 Å². The van der Waals surface area contributed by atoms with E-state index >= 15 is 0 Å². The van der Waals surface area contributed by atoms with Crippen molar-refractivity contribution in [3.05, 3.63) is 30.2 Å². The second-order valence-corrected chi connectivity index (χ2v) is 5.75. The van der Waals surface area contributed by atoms with Gasteiger partial charge in [0.15, 0.2) is 5.65 Å². The van der Waals surface area contributed by atoms with E-state index in [2.05, 4.69) is 15.5 Å². The lowest BCUT2D eigenvalue weighted by atomic mass is 9.96. The van der Waals surface area contributed by atoms with E-state index in [4.69, 9.17) is 4.98 Å². The van der Waals surface area contributed by atoms with Crippen LogP contribution >= 0.6 is 0 Å². The normalized spacial score (nSPS) is 21.9. The molecule has 2 aromatic heterocycles. The van der Waals surface area contributed by atoms with Gasteiger partial charge in [-0.2, -0.15) is 5.10 Å². The molecule has 3 rings (SSSR count). The number of aromatic nitrogens is 3. The van der Waals surface area contributed by atoms with Crippen molar-refractivity contribution < 1.29 is 4.79 Å². The Labute approximate surface area is 136 Å². The Morgan fingerprint density at radius 2 is 2.17 bits per heavy atom. The van der Waals surface area contributed by atoms with Gasteiger partial charge in [0.1, 0.15) is 0 Å². The minimum atomic E-state index is -0.0692. The second kappa shape index (κ2) is 6.64. The van der Waals surface area contributed by atoms with Crippen molar-refractivity contribution in [2.75, 3.05) is 26.7 Å². The van der Waals surface area contributed by atoms with Crippen LogP contribution in [0.15, 0.2) is 24.5 Å². The van der Waals surface area contributed by atoms with Crippen LogP contribution in [-0.4, -0.2) is 57.1 Å². The summed E-state index contributed by atoms with van der Waals surface area (Å²) in [7, 11) is 1.90. The number of carbonyl (C=O) groups is 1. The van der Waals surface area contributed by atoms with Gasteiger partial charge in [-0.15, -0.1) is 0 Å². The zero-order valence-corrected chi connectivity index (χ0v) is 13.9. The summed E-state index contributed by atoms with van der Waals surface area (Å²) in [6.45, 7) is 6.38. The first-order chi connectivity index (χ1) is 11.2. The SMILES string of the molecule is CCN(CC)C(=O)C1CCN(NC)C1c1ccn2nccc2n1. The predicted octanol–water partition coefficient (Wildman–Crippen LogP) is 1.10. The first-order valence-corrected chi connectivity index (χ1v) is 8.22. The van der Waals surface area contributed by atoms with Gasteiger partial charge < -0.3 is 4.90 Å². The van der Waals surface area contributed by atoms with Crippen LogP contribution in [0.4, 0.5) is 0 Å². The van der Waals surface area contributed by atoms with Crippen molar-refractivity contribution in [2.45, 2.75) is 26.3 Å². The molecule has 1 aliphatic rings. The van der Waals surface area contributed by atoms with E-state index in [9.17, 15) is 4.79 Å². The quantitative estimate of drug-likeness (QED) is 0.895. The Morgan fingerprint density at radius 3 is 2.87 bits per heavy atom. The minimum Gasteiger partial charge on any atom is -0.343 e. The number of amides is 1. The molecule has 1 fully saturated rings. The summed E-state index contributed by atoms with van der Waals surface area (Å²) in [5, 5.41) is 6.30. The molecule has 7 nitrogen and oxygen atoms in total. The van der Waals surface area contributed by atoms with Gasteiger partial charge in [-0.3, -0.25) is 10.2 Å². The molecule has 3 heterocycles. The van der Waals surface area contributed by atoms with Crippen LogP contribution in [0, 0.1) is 5.92 Å². The fraction of sp³-hybridized carbons (Fsp3) is 0.562. The van der Waals surface area contributed by atoms with Gasteiger partial charge in [0.2, 0.25) is 5.91 Å². The standard InChI is InChI=1S/C16H24N6O/c1-4-20(5-2)16(23)12-7-10-22(17-3)15(12)13-8-11-21-14(19-13)6-9-18-21/h6,8-9,11-12,15,17H,4-5,7,10H2,1-3H3. The van der Waals surface area contributed by atoms with Gasteiger partial charge in [0.25, 0.3) is 0 Å². The minimum absolute atomic E-state index is 0.0481. The molecule has 2 unspecified atom stereocenters. The molecule has 23 heavy (non-hydrogen) atoms. The van der Waals surface area contributed by atoms with Gasteiger partial charge in [0.05, 0.1) is 23.9 Å². The van der Waals surface area contributed by atoms with Crippen molar-refractivity contribution in [3.8, 4) is 0 Å². The zero-order valence-electron chi connectivity index (χ0n) is 13.9. The molecule has 0 radical (unpaired) electrons. The molecule has 0 aromatic carbocycles. The first-order valence-electron chi connectivity index (χ1n) is 8.22. The average Bonchev–Trinajstić information content (AvgIpc) is 3.21. The third kappa shape index (κ3) is 2.82. The Bertz CT molecular complexity index is 680. The average molecular weight is 316 g/mol. The van der Waals surface area contributed by atoms with E-state index in [0.717, 1.165) is 37.4 Å². The molecule has 2 atom stereocenters. The van der Waals surface area contributed by atoms with E-state index in [0.29, 0.717) is 0 Å². The van der Waals surface area contributed by atoms with E-state index < -0.39 is 0 Å². The highest BCUT2D eigenvalue weighted by atomic mass is 16.2. The van der Waals surface area contributed by atoms with Crippen LogP contribution in [0.3, 0.4) is 0 Å². The summed E-state index contributed by atoms with van der Waals surface area (Å²) in [6.07, 6.45) is 4.48. The van der Waals surface area contributed by atoms with E-state index in [1.54, 1.807) is 10.7 Å². The lowest BCUT2D eigenvalue weighted by Crippen LogP contribution is -2.41. The zero-order chi connectivity index (χ0) is 16.4. The number of hydrogen-bond acceptors (Lipinski definition) is 5. The van der Waals surface area contributed by atoms with Crippen molar-refractivity contribution in [1.82, 2.24) is 29.9 Å². The largest absolute Gasteiger partial charge is 0.343 e. The van der Waals surface area contributed by atoms with Crippen molar-refractivity contribution in [1.29, 1.82) is 0 Å². The highest BCUT2D eigenvalue weighted by Crippen LogP contribution is 2.36. The van der Waals surface area contributed by atoms with Crippen LogP contribution in [-0.2, 0) is 4.79 Å². The molecule has 0 aliphatic carbocycles. The topological polar surface area (TPSA) is 65.8 Å². The van der Waals surface area contributed by atoms with Gasteiger partial charge in [-0.1, -0.05) is 0 Å². The van der Waals surface area contributed by atoms with Gasteiger partial charge in [-0.25, -0.2) is 14.5 Å². The Morgan fingerprint density at radius 1 is 1.39 bits per heavy atom. The number of fused-ring (bicyclic) bond motifs is 1. The summed E-state index contributed by atoms with van der Waals surface area (Å²) in [5.74, 6) is 0.146. The molecule has 7 heteroatoms. The monoisotopic (exact) mass is 316 g/mol. The van der Waals surface area contributed by atoms with Crippen LogP contribution in [0.1, 0.15) is 32.0 Å². The molecule has 1 aliphatic heterocycles. The maximum absolute atomic E-state index is 12.9. The molecule has 1 saturated heterocycles. The third-order valence-corrected chi connectivity index (χ3v) is 4.66. The fourth-order valence-corrected chi connectivity index (χ4v) is 3.43. The lowest BCUT2D eigenvalue weighted by Gasteiger charge is -2.29. The number of rotatable bonds is 5. The molecule has 0 spiro atoms. The van der Waals surface area contributed by atoms with Crippen LogP contribution in [0.2, 0.25) is 0 Å².